The van der Waals surface area contributed by atoms with Gasteiger partial charge >= 0.3 is 0 Å². The summed E-state index contributed by atoms with van der Waals surface area (Å²) in [6, 6.07) is 19.3. The van der Waals surface area contributed by atoms with E-state index in [1.54, 1.807) is 4.40 Å². The van der Waals surface area contributed by atoms with Gasteiger partial charge in [-0.2, -0.15) is 0 Å². The highest BCUT2D eigenvalue weighted by atomic mass is 32.2. The first-order valence-corrected chi connectivity index (χ1v) is 9.87. The van der Waals surface area contributed by atoms with Crippen molar-refractivity contribution in [3.8, 4) is 0 Å². The van der Waals surface area contributed by atoms with Gasteiger partial charge in [0.05, 0.1) is 5.75 Å². The lowest BCUT2D eigenvalue weighted by Crippen LogP contribution is -2.08. The van der Waals surface area contributed by atoms with Gasteiger partial charge in [0.15, 0.2) is 16.6 Å². The number of Topliss-reactive ketones (excluding diaryl/α,β-unsaturated/α-hetero) is 1. The predicted octanol–water partition coefficient (Wildman–Crippen LogP) is 3.58. The minimum Gasteiger partial charge on any atom is -0.369 e. The maximum absolute atomic E-state index is 12.4. The number of ketones is 1. The van der Waals surface area contributed by atoms with Gasteiger partial charge < -0.3 is 5.73 Å². The highest BCUT2D eigenvalue weighted by molar-refractivity contribution is 7.99. The Labute approximate surface area is 166 Å². The highest BCUT2D eigenvalue weighted by Crippen LogP contribution is 2.25. The fourth-order valence-electron chi connectivity index (χ4n) is 3.06. The Morgan fingerprint density at radius 3 is 2.43 bits per heavy atom. The number of aryl methyl sites for hydroxylation is 1. The molecule has 2 heterocycles. The van der Waals surface area contributed by atoms with Crippen molar-refractivity contribution in [3.63, 3.8) is 0 Å². The normalized spacial score (nSPS) is 11.0. The van der Waals surface area contributed by atoms with Crippen molar-refractivity contribution in [2.75, 3.05) is 11.5 Å². The molecule has 140 valence electrons. The Morgan fingerprint density at radius 1 is 1.04 bits per heavy atom. The van der Waals surface area contributed by atoms with Crippen molar-refractivity contribution < 1.29 is 4.79 Å². The number of thioether (sulfide) groups is 1. The second-order valence-corrected chi connectivity index (χ2v) is 7.36. The van der Waals surface area contributed by atoms with Crippen LogP contribution in [-0.2, 0) is 6.42 Å². The van der Waals surface area contributed by atoms with Gasteiger partial charge in [0.25, 0.3) is 0 Å². The zero-order valence-electron chi connectivity index (χ0n) is 15.4. The van der Waals surface area contributed by atoms with E-state index >= 15 is 0 Å². The van der Waals surface area contributed by atoms with Crippen LogP contribution in [0.1, 0.15) is 27.2 Å². The molecule has 0 aliphatic rings. The second-order valence-electron chi connectivity index (χ2n) is 6.42. The van der Waals surface area contributed by atoms with E-state index in [2.05, 4.69) is 27.3 Å². The average molecular weight is 389 g/mol. The molecule has 0 fully saturated rings. The van der Waals surface area contributed by atoms with E-state index in [-0.39, 0.29) is 11.5 Å². The molecule has 0 saturated heterocycles. The van der Waals surface area contributed by atoms with Gasteiger partial charge in [0.2, 0.25) is 5.95 Å². The topological polar surface area (TPSA) is 86.2 Å². The Bertz CT molecular complexity index is 1130. The van der Waals surface area contributed by atoms with Crippen LogP contribution in [0, 0.1) is 6.92 Å². The number of rotatable bonds is 6. The Kier molecular flexibility index (Phi) is 5.08. The largest absolute Gasteiger partial charge is 0.369 e. The van der Waals surface area contributed by atoms with Crippen LogP contribution in [0.25, 0.3) is 5.65 Å². The zero-order chi connectivity index (χ0) is 19.5. The first-order valence-electron chi connectivity index (χ1n) is 8.88. The molecular weight excluding hydrogens is 370 g/mol. The minimum absolute atomic E-state index is 0.0329. The lowest BCUT2D eigenvalue weighted by molar-refractivity contribution is 0.102. The van der Waals surface area contributed by atoms with Crippen molar-refractivity contribution in [2.24, 2.45) is 0 Å². The molecule has 0 bridgehead atoms. The average Bonchev–Trinajstić information content (AvgIpc) is 3.15. The minimum atomic E-state index is 0.0329. The first kappa shape index (κ1) is 18.2. The summed E-state index contributed by atoms with van der Waals surface area (Å²) in [6.45, 7) is 1.93. The summed E-state index contributed by atoms with van der Waals surface area (Å²) in [7, 11) is 0. The molecule has 0 atom stereocenters. The van der Waals surface area contributed by atoms with Crippen molar-refractivity contribution in [1.29, 1.82) is 0 Å². The third-order valence-corrected chi connectivity index (χ3v) is 5.43. The van der Waals surface area contributed by atoms with E-state index < -0.39 is 0 Å². The zero-order valence-corrected chi connectivity index (χ0v) is 16.2. The van der Waals surface area contributed by atoms with Crippen molar-refractivity contribution >= 4 is 29.1 Å². The lowest BCUT2D eigenvalue weighted by Gasteiger charge is -2.10. The van der Waals surface area contributed by atoms with E-state index in [1.807, 2.05) is 55.5 Å². The van der Waals surface area contributed by atoms with Gasteiger partial charge in [0.1, 0.15) is 0 Å². The number of aromatic nitrogens is 4. The van der Waals surface area contributed by atoms with Gasteiger partial charge in [0, 0.05) is 23.2 Å². The van der Waals surface area contributed by atoms with E-state index in [0.717, 1.165) is 16.8 Å². The number of anilines is 1. The number of fused-ring (bicyclic) bond motifs is 1. The molecular formula is C21H19N5OS. The van der Waals surface area contributed by atoms with E-state index in [4.69, 9.17) is 5.73 Å². The molecule has 0 aliphatic carbocycles. The van der Waals surface area contributed by atoms with Crippen LogP contribution in [0.3, 0.4) is 0 Å². The van der Waals surface area contributed by atoms with Crippen molar-refractivity contribution in [1.82, 2.24) is 19.6 Å². The number of hydrogen-bond acceptors (Lipinski definition) is 6. The Morgan fingerprint density at radius 2 is 1.71 bits per heavy atom. The third-order valence-electron chi connectivity index (χ3n) is 4.50. The molecule has 0 spiro atoms. The summed E-state index contributed by atoms with van der Waals surface area (Å²) in [5, 5.41) is 9.18. The fourth-order valence-corrected chi connectivity index (χ4v) is 3.90. The van der Waals surface area contributed by atoms with Gasteiger partial charge in [-0.05, 0) is 12.5 Å². The van der Waals surface area contributed by atoms with Crippen LogP contribution < -0.4 is 5.73 Å². The SMILES string of the molecule is Cc1nc(N)n2c(SCC(=O)c3ccccc3)nnc2c1Cc1ccccc1. The number of nitrogens with zero attached hydrogens (tertiary/aromatic N) is 4. The third kappa shape index (κ3) is 3.61. The molecule has 0 saturated carbocycles. The quantitative estimate of drug-likeness (QED) is 0.401. The van der Waals surface area contributed by atoms with Gasteiger partial charge in [-0.3, -0.25) is 4.79 Å². The summed E-state index contributed by atoms with van der Waals surface area (Å²) >= 11 is 1.31. The molecule has 4 rings (SSSR count). The molecule has 0 unspecified atom stereocenters. The van der Waals surface area contributed by atoms with E-state index in [9.17, 15) is 4.79 Å². The van der Waals surface area contributed by atoms with Crippen LogP contribution in [0.5, 0.6) is 0 Å². The molecule has 7 heteroatoms. The van der Waals surface area contributed by atoms with Crippen LogP contribution in [0.15, 0.2) is 65.8 Å². The molecule has 28 heavy (non-hydrogen) atoms. The monoisotopic (exact) mass is 389 g/mol. The number of benzene rings is 2. The van der Waals surface area contributed by atoms with Crippen molar-refractivity contribution in [2.45, 2.75) is 18.5 Å². The second kappa shape index (κ2) is 7.82. The number of carbonyl (C=O) groups is 1. The van der Waals surface area contributed by atoms with E-state index in [0.29, 0.717) is 28.7 Å². The van der Waals surface area contributed by atoms with Gasteiger partial charge in [-0.15, -0.1) is 10.2 Å². The molecule has 0 amide bonds. The Balaban J connectivity index is 1.64. The Hall–Kier alpha value is -3.19. The maximum atomic E-state index is 12.4. The predicted molar refractivity (Wildman–Crippen MR) is 111 cm³/mol. The molecule has 2 aromatic heterocycles. The van der Waals surface area contributed by atoms with Gasteiger partial charge in [-0.1, -0.05) is 72.4 Å². The molecule has 6 nitrogen and oxygen atoms in total. The molecule has 2 aromatic carbocycles. The summed E-state index contributed by atoms with van der Waals surface area (Å²) in [5.74, 6) is 0.612. The summed E-state index contributed by atoms with van der Waals surface area (Å²) in [4.78, 5) is 16.9. The van der Waals surface area contributed by atoms with Crippen LogP contribution in [-0.4, -0.2) is 31.1 Å². The summed E-state index contributed by atoms with van der Waals surface area (Å²) < 4.78 is 1.73. The van der Waals surface area contributed by atoms with E-state index in [1.165, 1.54) is 11.8 Å². The lowest BCUT2D eigenvalue weighted by atomic mass is 10.0. The fraction of sp³-hybridized carbons (Fsp3) is 0.143. The van der Waals surface area contributed by atoms with Crippen molar-refractivity contribution in [3.05, 3.63) is 83.0 Å². The standard InChI is InChI=1S/C21H19N5OS/c1-14-17(12-15-8-4-2-5-9-15)19-24-25-21(26(19)20(22)23-14)28-13-18(27)16-10-6-3-7-11-16/h2-11H,12-13H2,1H3,(H2,22,23). The van der Waals surface area contributed by atoms with Crippen LogP contribution in [0.4, 0.5) is 5.95 Å². The number of nitrogen functional groups attached to an aromatic ring is 1. The molecule has 2 N–H and O–H groups in total. The highest BCUT2D eigenvalue weighted by Gasteiger charge is 2.18. The summed E-state index contributed by atoms with van der Waals surface area (Å²) in [6.07, 6.45) is 0.690. The first-order chi connectivity index (χ1) is 13.6. The summed E-state index contributed by atoms with van der Waals surface area (Å²) in [5.41, 5.74) is 10.5. The number of nitrogens with two attached hydrogens (primary N) is 1. The number of carbonyl (C=O) groups excluding carboxylic acids is 1. The molecule has 4 aromatic rings. The van der Waals surface area contributed by atoms with Gasteiger partial charge in [-0.25, -0.2) is 9.38 Å². The molecule has 0 radical (unpaired) electrons. The van der Waals surface area contributed by atoms with Crippen LogP contribution >= 0.6 is 11.8 Å². The van der Waals surface area contributed by atoms with Crippen LogP contribution in [0.2, 0.25) is 0 Å². The smallest absolute Gasteiger partial charge is 0.208 e. The number of hydrogen-bond donors (Lipinski definition) is 1. The molecule has 0 aliphatic heterocycles. The maximum Gasteiger partial charge on any atom is 0.208 e.